The molecule has 1 aromatic heterocycles. The van der Waals surface area contributed by atoms with Gasteiger partial charge in [-0.05, 0) is 43.3 Å². The van der Waals surface area contributed by atoms with Gasteiger partial charge in [0.1, 0.15) is 28.8 Å². The molecule has 0 aliphatic carbocycles. The second-order valence-corrected chi connectivity index (χ2v) is 5.91. The van der Waals surface area contributed by atoms with Crippen LogP contribution >= 0.6 is 0 Å². The molecular weight excluding hydrogens is 376 g/mol. The van der Waals surface area contributed by atoms with Crippen molar-refractivity contribution in [2.45, 2.75) is 6.92 Å². The van der Waals surface area contributed by atoms with Gasteiger partial charge in [-0.1, -0.05) is 0 Å². The van der Waals surface area contributed by atoms with Crippen LogP contribution in [0.25, 0.3) is 0 Å². The number of aromatic hydroxyl groups is 4. The molecule has 0 aliphatic heterocycles. The number of nitrogens with one attached hydrogen (secondary N) is 2. The first-order chi connectivity index (χ1) is 13.9. The van der Waals surface area contributed by atoms with Crippen LogP contribution in [-0.4, -0.2) is 42.8 Å². The summed E-state index contributed by atoms with van der Waals surface area (Å²) in [7, 11) is 0. The lowest BCUT2D eigenvalue weighted by molar-refractivity contribution is 0.459. The van der Waals surface area contributed by atoms with Crippen molar-refractivity contribution in [3.63, 3.8) is 0 Å². The zero-order chi connectivity index (χ0) is 20.8. The molecule has 10 nitrogen and oxygen atoms in total. The smallest absolute Gasteiger partial charge is 0.152 e. The molecule has 10 heteroatoms. The Kier molecular flexibility index (Phi) is 5.74. The normalized spacial score (nSPS) is 11.2. The van der Waals surface area contributed by atoms with Crippen molar-refractivity contribution in [3.05, 3.63) is 59.4 Å². The second-order valence-electron chi connectivity index (χ2n) is 5.91. The average molecular weight is 394 g/mol. The number of hydrogen-bond acceptors (Lipinski definition) is 10. The van der Waals surface area contributed by atoms with Gasteiger partial charge >= 0.3 is 0 Å². The largest absolute Gasteiger partial charge is 0.508 e. The minimum Gasteiger partial charge on any atom is -0.508 e. The number of nitrogens with zero attached hydrogens (tertiary/aromatic N) is 4. The Morgan fingerprint density at radius 3 is 1.62 bits per heavy atom. The van der Waals surface area contributed by atoms with Crippen molar-refractivity contribution in [2.75, 3.05) is 10.9 Å². The highest BCUT2D eigenvalue weighted by molar-refractivity contribution is 5.85. The second kappa shape index (κ2) is 8.57. The molecule has 0 radical (unpaired) electrons. The molecule has 0 fully saturated rings. The topological polar surface area (TPSA) is 155 Å². The van der Waals surface area contributed by atoms with Crippen molar-refractivity contribution in [1.82, 2.24) is 9.97 Å². The molecule has 0 aliphatic rings. The maximum atomic E-state index is 9.73. The molecule has 3 aromatic rings. The zero-order valence-corrected chi connectivity index (χ0v) is 15.3. The Bertz CT molecular complexity index is 1000. The van der Waals surface area contributed by atoms with E-state index in [1.165, 1.54) is 48.8 Å². The monoisotopic (exact) mass is 394 g/mol. The Hall–Kier alpha value is -4.34. The summed E-state index contributed by atoms with van der Waals surface area (Å²) >= 11 is 0. The van der Waals surface area contributed by atoms with Crippen molar-refractivity contribution < 1.29 is 20.4 Å². The van der Waals surface area contributed by atoms with Crippen LogP contribution in [0.2, 0.25) is 0 Å². The summed E-state index contributed by atoms with van der Waals surface area (Å²) < 4.78 is 0. The van der Waals surface area contributed by atoms with E-state index in [0.717, 1.165) is 0 Å². The van der Waals surface area contributed by atoms with Gasteiger partial charge in [0, 0.05) is 17.2 Å². The summed E-state index contributed by atoms with van der Waals surface area (Å²) in [5.74, 6) is 1.13. The van der Waals surface area contributed by atoms with Crippen LogP contribution in [0.1, 0.15) is 17.0 Å². The summed E-state index contributed by atoms with van der Waals surface area (Å²) in [6, 6.07) is 9.72. The Balaban J connectivity index is 1.69. The lowest BCUT2D eigenvalue weighted by Gasteiger charge is -2.05. The summed E-state index contributed by atoms with van der Waals surface area (Å²) in [5, 5.41) is 46.3. The zero-order valence-electron chi connectivity index (χ0n) is 15.3. The van der Waals surface area contributed by atoms with Gasteiger partial charge in [-0.15, -0.1) is 0 Å². The van der Waals surface area contributed by atoms with E-state index in [4.69, 9.17) is 0 Å². The minimum atomic E-state index is -0.0286. The molecule has 29 heavy (non-hydrogen) atoms. The fourth-order valence-corrected chi connectivity index (χ4v) is 2.31. The lowest BCUT2D eigenvalue weighted by Crippen LogP contribution is -2.01. The third-order valence-electron chi connectivity index (χ3n) is 3.63. The van der Waals surface area contributed by atoms with E-state index in [1.54, 1.807) is 13.0 Å². The highest BCUT2D eigenvalue weighted by Gasteiger charge is 2.03. The van der Waals surface area contributed by atoms with E-state index >= 15 is 0 Å². The van der Waals surface area contributed by atoms with E-state index in [1.807, 2.05) is 0 Å². The summed E-state index contributed by atoms with van der Waals surface area (Å²) in [6.07, 6.45) is 2.67. The summed E-state index contributed by atoms with van der Waals surface area (Å²) in [5.41, 5.74) is 6.07. The predicted molar refractivity (Wildman–Crippen MR) is 109 cm³/mol. The van der Waals surface area contributed by atoms with E-state index < -0.39 is 0 Å². The van der Waals surface area contributed by atoms with Crippen molar-refractivity contribution in [1.29, 1.82) is 0 Å². The first-order valence-electron chi connectivity index (χ1n) is 8.38. The van der Waals surface area contributed by atoms with Crippen molar-refractivity contribution in [3.8, 4) is 23.0 Å². The maximum Gasteiger partial charge on any atom is 0.152 e. The molecule has 0 bridgehead atoms. The third kappa shape index (κ3) is 5.32. The molecule has 0 unspecified atom stereocenters. The molecule has 0 atom stereocenters. The quantitative estimate of drug-likeness (QED) is 0.212. The number of hydrazone groups is 2. The van der Waals surface area contributed by atoms with Crippen molar-refractivity contribution in [2.24, 2.45) is 10.2 Å². The van der Waals surface area contributed by atoms with E-state index in [-0.39, 0.29) is 23.0 Å². The number of benzene rings is 2. The highest BCUT2D eigenvalue weighted by atomic mass is 16.3. The van der Waals surface area contributed by atoms with Gasteiger partial charge in [0.2, 0.25) is 0 Å². The summed E-state index contributed by atoms with van der Waals surface area (Å²) in [4.78, 5) is 8.37. The lowest BCUT2D eigenvalue weighted by atomic mass is 10.2. The van der Waals surface area contributed by atoms with Gasteiger partial charge in [-0.2, -0.15) is 10.2 Å². The molecule has 2 aromatic carbocycles. The first-order valence-corrected chi connectivity index (χ1v) is 8.38. The van der Waals surface area contributed by atoms with Gasteiger partial charge < -0.3 is 20.4 Å². The molecule has 0 spiro atoms. The molecule has 0 saturated carbocycles. The van der Waals surface area contributed by atoms with E-state index in [9.17, 15) is 20.4 Å². The fraction of sp³-hybridized carbons (Fsp3) is 0.0526. The van der Waals surface area contributed by atoms with E-state index in [2.05, 4.69) is 31.0 Å². The molecule has 0 saturated heterocycles. The summed E-state index contributed by atoms with van der Waals surface area (Å²) in [6.45, 7) is 1.69. The van der Waals surface area contributed by atoms with Crippen LogP contribution in [-0.2, 0) is 0 Å². The molecule has 1 heterocycles. The number of phenolic OH excluding ortho intramolecular Hbond substituents is 4. The van der Waals surface area contributed by atoms with Crippen LogP contribution in [0.15, 0.2) is 52.7 Å². The Labute approximate surface area is 165 Å². The van der Waals surface area contributed by atoms with Gasteiger partial charge in [0.05, 0.1) is 12.4 Å². The number of anilines is 2. The van der Waals surface area contributed by atoms with Crippen LogP contribution in [0, 0.1) is 6.92 Å². The SMILES string of the molecule is Cc1nc(N/N=C/c2cc(O)ccc2O)cc(N/N=C/c2cc(O)ccc2O)n1. The van der Waals surface area contributed by atoms with E-state index in [0.29, 0.717) is 28.6 Å². The molecule has 3 rings (SSSR count). The van der Waals surface area contributed by atoms with Crippen LogP contribution in [0.5, 0.6) is 23.0 Å². The Morgan fingerprint density at radius 2 is 1.17 bits per heavy atom. The van der Waals surface area contributed by atoms with Crippen LogP contribution in [0.4, 0.5) is 11.6 Å². The fourth-order valence-electron chi connectivity index (χ4n) is 2.31. The van der Waals surface area contributed by atoms with Gasteiger partial charge in [-0.25, -0.2) is 9.97 Å². The van der Waals surface area contributed by atoms with Crippen molar-refractivity contribution >= 4 is 24.1 Å². The molecule has 6 N–H and O–H groups in total. The number of phenols is 4. The number of rotatable bonds is 6. The predicted octanol–water partition coefficient (Wildman–Crippen LogP) is 2.50. The standard InChI is InChI=1S/C19H18N6O4/c1-11-22-18(24-20-9-12-6-14(26)2-4-16(12)28)8-19(23-11)25-21-10-13-7-15(27)3-5-17(13)29/h2-10,26-29H,1H3,(H2,22,23,24,25)/b20-9+,21-10+. The average Bonchev–Trinajstić information content (AvgIpc) is 2.67. The molecular formula is C19H18N6O4. The molecule has 148 valence electrons. The number of hydrogen-bond donors (Lipinski definition) is 6. The third-order valence-corrected chi connectivity index (χ3v) is 3.63. The van der Waals surface area contributed by atoms with Crippen LogP contribution in [0.3, 0.4) is 0 Å². The van der Waals surface area contributed by atoms with Gasteiger partial charge in [-0.3, -0.25) is 10.9 Å². The molecule has 0 amide bonds. The Morgan fingerprint density at radius 1 is 0.724 bits per heavy atom. The van der Waals surface area contributed by atoms with Crippen LogP contribution < -0.4 is 10.9 Å². The highest BCUT2D eigenvalue weighted by Crippen LogP contribution is 2.21. The maximum absolute atomic E-state index is 9.73. The first kappa shape index (κ1) is 19.4. The van der Waals surface area contributed by atoms with Gasteiger partial charge in [0.15, 0.2) is 11.6 Å². The number of aromatic nitrogens is 2. The minimum absolute atomic E-state index is 0.00394. The number of aryl methyl sites for hydroxylation is 1. The van der Waals surface area contributed by atoms with Gasteiger partial charge in [0.25, 0.3) is 0 Å².